The fraction of sp³-hybridized carbons (Fsp3) is 0.688. The summed E-state index contributed by atoms with van der Waals surface area (Å²) in [7, 11) is 0. The number of carbonyl (C=O) groups excluding carboxylic acids is 1. The molecule has 0 bridgehead atoms. The van der Waals surface area contributed by atoms with Gasteiger partial charge in [-0.25, -0.2) is 0 Å². The van der Waals surface area contributed by atoms with Crippen LogP contribution in [0.2, 0.25) is 0 Å². The average Bonchev–Trinajstić information content (AvgIpc) is 2.89. The van der Waals surface area contributed by atoms with Gasteiger partial charge in [0.15, 0.2) is 5.78 Å². The highest BCUT2D eigenvalue weighted by Gasteiger charge is 2.35. The lowest BCUT2D eigenvalue weighted by atomic mass is 9.68. The number of hydrogen-bond acceptors (Lipinski definition) is 3. The molecule has 0 amide bonds. The van der Waals surface area contributed by atoms with E-state index < -0.39 is 0 Å². The number of thiophene rings is 1. The van der Waals surface area contributed by atoms with Crippen molar-refractivity contribution in [2.75, 3.05) is 19.6 Å². The second-order valence-corrected chi connectivity index (χ2v) is 8.83. The molecule has 1 aliphatic carbocycles. The van der Waals surface area contributed by atoms with E-state index in [4.69, 9.17) is 0 Å². The lowest BCUT2D eigenvalue weighted by Gasteiger charge is -2.44. The molecule has 1 aromatic heterocycles. The first kappa shape index (κ1) is 14.7. The Morgan fingerprint density at radius 3 is 2.45 bits per heavy atom. The Bertz CT molecular complexity index is 469. The van der Waals surface area contributed by atoms with E-state index in [0.29, 0.717) is 12.0 Å². The summed E-state index contributed by atoms with van der Waals surface area (Å²) in [5, 5.41) is 0. The molecule has 0 atom stereocenters. The molecule has 2 heterocycles. The number of carbonyl (C=O) groups is 1. The van der Waals surface area contributed by atoms with Gasteiger partial charge in [-0.05, 0) is 72.3 Å². The summed E-state index contributed by atoms with van der Waals surface area (Å²) >= 11 is 4.97. The number of Topliss-reactive ketones (excluding diaryl/α,β-unsaturated/α-hetero) is 1. The maximum atomic E-state index is 12.2. The zero-order valence-corrected chi connectivity index (χ0v) is 14.3. The molecule has 3 rings (SSSR count). The van der Waals surface area contributed by atoms with E-state index in [1.165, 1.54) is 44.9 Å². The van der Waals surface area contributed by atoms with Gasteiger partial charge in [-0.15, -0.1) is 11.3 Å². The first-order valence-electron chi connectivity index (χ1n) is 7.68. The molecular weight excluding hydrogens is 334 g/mol. The van der Waals surface area contributed by atoms with E-state index in [-0.39, 0.29) is 5.78 Å². The van der Waals surface area contributed by atoms with Crippen molar-refractivity contribution in [1.82, 2.24) is 4.90 Å². The summed E-state index contributed by atoms with van der Waals surface area (Å²) in [5.41, 5.74) is 0.629. The van der Waals surface area contributed by atoms with Gasteiger partial charge in [0, 0.05) is 0 Å². The fourth-order valence-electron chi connectivity index (χ4n) is 3.73. The maximum Gasteiger partial charge on any atom is 0.186 e. The second-order valence-electron chi connectivity index (χ2n) is 6.36. The molecule has 1 aromatic rings. The Labute approximate surface area is 133 Å². The van der Waals surface area contributed by atoms with Gasteiger partial charge in [-0.3, -0.25) is 9.69 Å². The summed E-state index contributed by atoms with van der Waals surface area (Å²) in [6, 6.07) is 3.90. The predicted octanol–water partition coefficient (Wildman–Crippen LogP) is 4.74. The molecule has 4 heteroatoms. The maximum absolute atomic E-state index is 12.2. The van der Waals surface area contributed by atoms with Gasteiger partial charge in [0.2, 0.25) is 0 Å². The van der Waals surface area contributed by atoms with Crippen LogP contribution in [0.5, 0.6) is 0 Å². The van der Waals surface area contributed by atoms with Crippen LogP contribution in [-0.2, 0) is 0 Å². The van der Waals surface area contributed by atoms with Gasteiger partial charge < -0.3 is 0 Å². The zero-order valence-electron chi connectivity index (χ0n) is 11.9. The van der Waals surface area contributed by atoms with Crippen molar-refractivity contribution < 1.29 is 4.79 Å². The van der Waals surface area contributed by atoms with Crippen LogP contribution < -0.4 is 0 Å². The topological polar surface area (TPSA) is 20.3 Å². The van der Waals surface area contributed by atoms with E-state index in [1.54, 1.807) is 11.3 Å². The molecule has 0 radical (unpaired) electrons. The van der Waals surface area contributed by atoms with Crippen LogP contribution in [0, 0.1) is 5.41 Å². The largest absolute Gasteiger partial charge is 0.296 e. The summed E-state index contributed by atoms with van der Waals surface area (Å²) in [6.45, 7) is 2.82. The first-order valence-corrected chi connectivity index (χ1v) is 9.29. The summed E-state index contributed by atoms with van der Waals surface area (Å²) in [6.07, 6.45) is 9.71. The highest BCUT2D eigenvalue weighted by molar-refractivity contribution is 9.11. The molecule has 1 saturated carbocycles. The molecule has 1 saturated heterocycles. The van der Waals surface area contributed by atoms with Crippen molar-refractivity contribution in [2.24, 2.45) is 5.41 Å². The van der Waals surface area contributed by atoms with Crippen LogP contribution in [0.15, 0.2) is 15.9 Å². The smallest absolute Gasteiger partial charge is 0.186 e. The van der Waals surface area contributed by atoms with Crippen LogP contribution in [0.3, 0.4) is 0 Å². The number of piperidine rings is 1. The number of halogens is 1. The molecule has 20 heavy (non-hydrogen) atoms. The van der Waals surface area contributed by atoms with E-state index in [0.717, 1.165) is 21.8 Å². The summed E-state index contributed by atoms with van der Waals surface area (Å²) in [5.74, 6) is 0.278. The molecule has 0 N–H and O–H groups in total. The Kier molecular flexibility index (Phi) is 4.63. The SMILES string of the molecule is O=C(CN1CCC2(CCCCC2)CC1)c1ccc(Br)s1. The van der Waals surface area contributed by atoms with Crippen LogP contribution in [0.4, 0.5) is 0 Å². The third-order valence-corrected chi connectivity index (χ3v) is 6.71. The van der Waals surface area contributed by atoms with Crippen molar-refractivity contribution in [3.63, 3.8) is 0 Å². The van der Waals surface area contributed by atoms with Gasteiger partial charge in [0.05, 0.1) is 15.2 Å². The van der Waals surface area contributed by atoms with Gasteiger partial charge in [-0.2, -0.15) is 0 Å². The Hall–Kier alpha value is -0.190. The van der Waals surface area contributed by atoms with E-state index in [2.05, 4.69) is 20.8 Å². The van der Waals surface area contributed by atoms with Crippen LogP contribution in [0.25, 0.3) is 0 Å². The standard InChI is InChI=1S/C16H22BrNOS/c17-15-5-4-14(20-15)13(19)12-18-10-8-16(9-11-18)6-2-1-3-7-16/h4-5H,1-3,6-12H2. The molecule has 2 aliphatic rings. The number of likely N-dealkylation sites (tertiary alicyclic amines) is 1. The van der Waals surface area contributed by atoms with Gasteiger partial charge in [0.1, 0.15) is 0 Å². The summed E-state index contributed by atoms with van der Waals surface area (Å²) < 4.78 is 1.04. The zero-order chi connectivity index (χ0) is 14.0. The third kappa shape index (κ3) is 3.34. The fourth-order valence-corrected chi connectivity index (χ4v) is 5.05. The number of nitrogens with zero attached hydrogens (tertiary/aromatic N) is 1. The average molecular weight is 356 g/mol. The van der Waals surface area contributed by atoms with E-state index >= 15 is 0 Å². The van der Waals surface area contributed by atoms with Crippen molar-refractivity contribution in [3.8, 4) is 0 Å². The molecule has 0 aromatic carbocycles. The Morgan fingerprint density at radius 2 is 1.85 bits per heavy atom. The minimum atomic E-state index is 0.278. The third-order valence-electron chi connectivity index (χ3n) is 5.05. The first-order chi connectivity index (χ1) is 9.67. The van der Waals surface area contributed by atoms with Crippen molar-refractivity contribution in [3.05, 3.63) is 20.8 Å². The molecule has 2 nitrogen and oxygen atoms in total. The molecule has 1 aliphatic heterocycles. The molecule has 2 fully saturated rings. The Morgan fingerprint density at radius 1 is 1.15 bits per heavy atom. The van der Waals surface area contributed by atoms with Gasteiger partial charge in [-0.1, -0.05) is 19.3 Å². The molecule has 110 valence electrons. The van der Waals surface area contributed by atoms with Crippen molar-refractivity contribution in [1.29, 1.82) is 0 Å². The lowest BCUT2D eigenvalue weighted by molar-refractivity contribution is 0.0613. The van der Waals surface area contributed by atoms with Crippen molar-refractivity contribution >= 4 is 33.0 Å². The molecular formula is C16H22BrNOS. The number of rotatable bonds is 3. The van der Waals surface area contributed by atoms with Crippen LogP contribution >= 0.6 is 27.3 Å². The van der Waals surface area contributed by atoms with Crippen LogP contribution in [-0.4, -0.2) is 30.3 Å². The van der Waals surface area contributed by atoms with Gasteiger partial charge in [0.25, 0.3) is 0 Å². The number of ketones is 1. The second kappa shape index (κ2) is 6.29. The number of hydrogen-bond donors (Lipinski definition) is 0. The highest BCUT2D eigenvalue weighted by atomic mass is 79.9. The van der Waals surface area contributed by atoms with Crippen LogP contribution in [0.1, 0.15) is 54.6 Å². The lowest BCUT2D eigenvalue weighted by Crippen LogP contribution is -2.43. The molecule has 1 spiro atoms. The van der Waals surface area contributed by atoms with Gasteiger partial charge >= 0.3 is 0 Å². The van der Waals surface area contributed by atoms with E-state index in [9.17, 15) is 4.79 Å². The Balaban J connectivity index is 1.52. The monoisotopic (exact) mass is 355 g/mol. The quantitative estimate of drug-likeness (QED) is 0.729. The van der Waals surface area contributed by atoms with Crippen molar-refractivity contribution in [2.45, 2.75) is 44.9 Å². The summed E-state index contributed by atoms with van der Waals surface area (Å²) in [4.78, 5) is 15.5. The predicted molar refractivity (Wildman–Crippen MR) is 87.5 cm³/mol. The normalized spacial score (nSPS) is 23.1. The minimum Gasteiger partial charge on any atom is -0.296 e. The molecule has 0 unspecified atom stereocenters. The highest BCUT2D eigenvalue weighted by Crippen LogP contribution is 2.44. The van der Waals surface area contributed by atoms with E-state index in [1.807, 2.05) is 12.1 Å². The minimum absolute atomic E-state index is 0.278.